The maximum Gasteiger partial charge on any atom is 0.224 e. The highest BCUT2D eigenvalue weighted by Gasteiger charge is 2.08. The van der Waals surface area contributed by atoms with E-state index in [-0.39, 0.29) is 11.9 Å². The zero-order valence-corrected chi connectivity index (χ0v) is 12.0. The molecule has 1 aromatic rings. The number of carbonyl (C=O) groups is 1. The lowest BCUT2D eigenvalue weighted by molar-refractivity contribution is -0.120. The zero-order chi connectivity index (χ0) is 14.3. The third kappa shape index (κ3) is 6.25. The second-order valence-electron chi connectivity index (χ2n) is 5.22. The Morgan fingerprint density at radius 1 is 1.42 bits per heavy atom. The van der Waals surface area contributed by atoms with Crippen molar-refractivity contribution in [1.82, 2.24) is 5.32 Å². The molecule has 4 nitrogen and oxygen atoms in total. The molecule has 0 aliphatic heterocycles. The summed E-state index contributed by atoms with van der Waals surface area (Å²) in [4.78, 5) is 11.8. The molecule has 1 atom stereocenters. The van der Waals surface area contributed by atoms with Gasteiger partial charge in [-0.2, -0.15) is 0 Å². The molecule has 0 heterocycles. The van der Waals surface area contributed by atoms with Crippen LogP contribution in [0, 0.1) is 5.92 Å². The first kappa shape index (κ1) is 15.5. The number of ether oxygens (including phenoxy) is 1. The lowest BCUT2D eigenvalue weighted by Crippen LogP contribution is -2.38. The van der Waals surface area contributed by atoms with Crippen LogP contribution in [0.15, 0.2) is 24.3 Å². The summed E-state index contributed by atoms with van der Waals surface area (Å²) in [6, 6.07) is 7.55. The number of hydrogen-bond acceptors (Lipinski definition) is 3. The van der Waals surface area contributed by atoms with Crippen molar-refractivity contribution in [3.63, 3.8) is 0 Å². The minimum atomic E-state index is -0.00698. The van der Waals surface area contributed by atoms with Gasteiger partial charge in [0.2, 0.25) is 5.91 Å². The molecule has 3 N–H and O–H groups in total. The van der Waals surface area contributed by atoms with E-state index in [1.165, 1.54) is 0 Å². The van der Waals surface area contributed by atoms with Gasteiger partial charge in [-0.25, -0.2) is 0 Å². The molecule has 0 aliphatic carbocycles. The average molecular weight is 264 g/mol. The van der Waals surface area contributed by atoms with E-state index < -0.39 is 0 Å². The summed E-state index contributed by atoms with van der Waals surface area (Å²) >= 11 is 0. The largest absolute Gasteiger partial charge is 0.497 e. The summed E-state index contributed by atoms with van der Waals surface area (Å²) in [5, 5.41) is 2.87. The summed E-state index contributed by atoms with van der Waals surface area (Å²) in [5.41, 5.74) is 6.87. The van der Waals surface area contributed by atoms with Crippen molar-refractivity contribution in [3.05, 3.63) is 29.8 Å². The summed E-state index contributed by atoms with van der Waals surface area (Å²) in [7, 11) is 1.62. The molecule has 0 saturated carbocycles. The molecule has 1 aromatic carbocycles. The number of nitrogens with two attached hydrogens (primary N) is 1. The standard InChI is InChI=1S/C15H24N2O2/c1-11(2)7-13(16)10-17-15(18)9-12-5-4-6-14(8-12)19-3/h4-6,8,11,13H,7,9-10,16H2,1-3H3,(H,17,18). The van der Waals surface area contributed by atoms with Gasteiger partial charge < -0.3 is 15.8 Å². The molecule has 0 bridgehead atoms. The van der Waals surface area contributed by atoms with Crippen molar-refractivity contribution in [1.29, 1.82) is 0 Å². The molecule has 4 heteroatoms. The minimum Gasteiger partial charge on any atom is -0.497 e. The first-order valence-electron chi connectivity index (χ1n) is 6.66. The fraction of sp³-hybridized carbons (Fsp3) is 0.533. The highest BCUT2D eigenvalue weighted by molar-refractivity contribution is 5.78. The Morgan fingerprint density at radius 2 is 2.16 bits per heavy atom. The Balaban J connectivity index is 2.38. The van der Waals surface area contributed by atoms with E-state index in [0.29, 0.717) is 18.9 Å². The van der Waals surface area contributed by atoms with E-state index >= 15 is 0 Å². The van der Waals surface area contributed by atoms with Gasteiger partial charge in [-0.1, -0.05) is 26.0 Å². The van der Waals surface area contributed by atoms with Gasteiger partial charge in [-0.3, -0.25) is 4.79 Å². The molecule has 0 aromatic heterocycles. The molecule has 0 fully saturated rings. The Kier molecular flexibility index (Phi) is 6.36. The number of rotatable bonds is 7. The van der Waals surface area contributed by atoms with Crippen LogP contribution in [0.4, 0.5) is 0 Å². The van der Waals surface area contributed by atoms with E-state index in [1.54, 1.807) is 7.11 Å². The van der Waals surface area contributed by atoms with Gasteiger partial charge in [-0.05, 0) is 30.0 Å². The van der Waals surface area contributed by atoms with E-state index in [1.807, 2.05) is 24.3 Å². The van der Waals surface area contributed by atoms with Gasteiger partial charge in [0.15, 0.2) is 0 Å². The van der Waals surface area contributed by atoms with Crippen molar-refractivity contribution in [2.24, 2.45) is 11.7 Å². The van der Waals surface area contributed by atoms with Crippen LogP contribution in [0.2, 0.25) is 0 Å². The Hall–Kier alpha value is -1.55. The first-order valence-corrected chi connectivity index (χ1v) is 6.66. The third-order valence-corrected chi connectivity index (χ3v) is 2.83. The summed E-state index contributed by atoms with van der Waals surface area (Å²) in [5.74, 6) is 1.31. The van der Waals surface area contributed by atoms with Crippen molar-refractivity contribution in [3.8, 4) is 5.75 Å². The van der Waals surface area contributed by atoms with Gasteiger partial charge in [-0.15, -0.1) is 0 Å². The van der Waals surface area contributed by atoms with E-state index in [9.17, 15) is 4.79 Å². The normalized spacial score (nSPS) is 12.3. The summed E-state index contributed by atoms with van der Waals surface area (Å²) in [6.07, 6.45) is 1.27. The summed E-state index contributed by atoms with van der Waals surface area (Å²) in [6.45, 7) is 4.77. The molecule has 1 rings (SSSR count). The quantitative estimate of drug-likeness (QED) is 0.788. The molecule has 1 unspecified atom stereocenters. The van der Waals surface area contributed by atoms with Gasteiger partial charge in [0, 0.05) is 12.6 Å². The predicted molar refractivity (Wildman–Crippen MR) is 77.1 cm³/mol. The van der Waals surface area contributed by atoms with Crippen LogP contribution in [-0.4, -0.2) is 25.6 Å². The molecule has 0 radical (unpaired) electrons. The smallest absolute Gasteiger partial charge is 0.224 e. The van der Waals surface area contributed by atoms with Crippen LogP contribution in [-0.2, 0) is 11.2 Å². The van der Waals surface area contributed by atoms with Crippen LogP contribution < -0.4 is 15.8 Å². The zero-order valence-electron chi connectivity index (χ0n) is 12.0. The fourth-order valence-electron chi connectivity index (χ4n) is 1.96. The Morgan fingerprint density at radius 3 is 2.79 bits per heavy atom. The predicted octanol–water partition coefficient (Wildman–Crippen LogP) is 1.73. The number of amides is 1. The van der Waals surface area contributed by atoms with Crippen molar-refractivity contribution in [2.45, 2.75) is 32.7 Å². The highest BCUT2D eigenvalue weighted by atomic mass is 16.5. The van der Waals surface area contributed by atoms with Crippen LogP contribution in [0.1, 0.15) is 25.8 Å². The van der Waals surface area contributed by atoms with E-state index in [2.05, 4.69) is 19.2 Å². The Labute approximate surface area is 115 Å². The SMILES string of the molecule is COc1cccc(CC(=O)NCC(N)CC(C)C)c1. The Bertz CT molecular complexity index is 405. The molecular formula is C15H24N2O2. The van der Waals surface area contributed by atoms with Crippen LogP contribution in [0.25, 0.3) is 0 Å². The number of carbonyl (C=O) groups excluding carboxylic acids is 1. The molecule has 0 saturated heterocycles. The topological polar surface area (TPSA) is 64.3 Å². The van der Waals surface area contributed by atoms with Crippen LogP contribution in [0.5, 0.6) is 5.75 Å². The average Bonchev–Trinajstić information content (AvgIpc) is 2.36. The molecule has 1 amide bonds. The third-order valence-electron chi connectivity index (χ3n) is 2.83. The second kappa shape index (κ2) is 7.79. The molecule has 0 spiro atoms. The maximum atomic E-state index is 11.8. The minimum absolute atomic E-state index is 0.00698. The molecule has 106 valence electrons. The lowest BCUT2D eigenvalue weighted by Gasteiger charge is -2.14. The highest BCUT2D eigenvalue weighted by Crippen LogP contribution is 2.12. The lowest BCUT2D eigenvalue weighted by atomic mass is 10.0. The number of methoxy groups -OCH3 is 1. The molecule has 19 heavy (non-hydrogen) atoms. The maximum absolute atomic E-state index is 11.8. The van der Waals surface area contributed by atoms with Gasteiger partial charge in [0.25, 0.3) is 0 Å². The number of nitrogens with one attached hydrogen (secondary N) is 1. The van der Waals surface area contributed by atoms with E-state index in [4.69, 9.17) is 10.5 Å². The van der Waals surface area contributed by atoms with E-state index in [0.717, 1.165) is 17.7 Å². The summed E-state index contributed by atoms with van der Waals surface area (Å²) < 4.78 is 5.13. The van der Waals surface area contributed by atoms with Gasteiger partial charge >= 0.3 is 0 Å². The van der Waals surface area contributed by atoms with Crippen molar-refractivity contribution in [2.75, 3.05) is 13.7 Å². The van der Waals surface area contributed by atoms with Crippen molar-refractivity contribution < 1.29 is 9.53 Å². The van der Waals surface area contributed by atoms with Crippen LogP contribution in [0.3, 0.4) is 0 Å². The second-order valence-corrected chi connectivity index (χ2v) is 5.22. The first-order chi connectivity index (χ1) is 9.01. The molecule has 0 aliphatic rings. The van der Waals surface area contributed by atoms with Gasteiger partial charge in [0.05, 0.1) is 13.5 Å². The fourth-order valence-corrected chi connectivity index (χ4v) is 1.96. The van der Waals surface area contributed by atoms with Gasteiger partial charge in [0.1, 0.15) is 5.75 Å². The van der Waals surface area contributed by atoms with Crippen LogP contribution >= 0.6 is 0 Å². The van der Waals surface area contributed by atoms with Crippen molar-refractivity contribution >= 4 is 5.91 Å². The monoisotopic (exact) mass is 264 g/mol. The number of hydrogen-bond donors (Lipinski definition) is 2. The number of benzene rings is 1. The molecular weight excluding hydrogens is 240 g/mol.